The molecule has 0 atom stereocenters. The van der Waals surface area contributed by atoms with Gasteiger partial charge in [-0.05, 0) is 24.4 Å². The van der Waals surface area contributed by atoms with Crippen LogP contribution in [0.15, 0.2) is 9.79 Å². The van der Waals surface area contributed by atoms with E-state index in [4.69, 9.17) is 12.2 Å². The van der Waals surface area contributed by atoms with Crippen molar-refractivity contribution < 1.29 is 0 Å². The van der Waals surface area contributed by atoms with Crippen LogP contribution in [0.4, 0.5) is 5.82 Å². The molecule has 0 fully saturated rings. The number of aliphatic imine (C=N–C) groups is 1. The molecule has 0 saturated heterocycles. The van der Waals surface area contributed by atoms with Crippen LogP contribution in [0.3, 0.4) is 0 Å². The van der Waals surface area contributed by atoms with Crippen LogP contribution in [0.25, 0.3) is 0 Å². The summed E-state index contributed by atoms with van der Waals surface area (Å²) in [5.74, 6) is 1.77. The highest BCUT2D eigenvalue weighted by Crippen LogP contribution is 2.27. The highest BCUT2D eigenvalue weighted by Gasteiger charge is 2.21. The minimum absolute atomic E-state index is 0.0149. The van der Waals surface area contributed by atoms with Gasteiger partial charge < -0.3 is 4.57 Å². The van der Waals surface area contributed by atoms with Crippen molar-refractivity contribution >= 4 is 34.8 Å². The number of hydrogen-bond donors (Lipinski definition) is 0. The molecule has 0 aliphatic carbocycles. The summed E-state index contributed by atoms with van der Waals surface area (Å²) in [6.07, 6.45) is 1.76. The third kappa shape index (κ3) is 2.11. The van der Waals surface area contributed by atoms with E-state index < -0.39 is 0 Å². The Labute approximate surface area is 109 Å². The van der Waals surface area contributed by atoms with E-state index >= 15 is 0 Å². The van der Waals surface area contributed by atoms with E-state index in [1.165, 1.54) is 4.57 Å². The van der Waals surface area contributed by atoms with Crippen molar-refractivity contribution in [2.75, 3.05) is 5.75 Å². The summed E-state index contributed by atoms with van der Waals surface area (Å²) in [7, 11) is 3.57. The van der Waals surface area contributed by atoms with Crippen molar-refractivity contribution in [3.8, 4) is 0 Å². The van der Waals surface area contributed by atoms with Crippen molar-refractivity contribution in [3.05, 3.63) is 20.7 Å². The first-order chi connectivity index (χ1) is 8.06. The quantitative estimate of drug-likeness (QED) is 0.773. The molecule has 0 aromatic carbocycles. The summed E-state index contributed by atoms with van der Waals surface area (Å²) >= 11 is 6.92. The van der Waals surface area contributed by atoms with E-state index in [-0.39, 0.29) is 5.56 Å². The van der Waals surface area contributed by atoms with E-state index in [1.54, 1.807) is 18.8 Å². The molecule has 1 aromatic rings. The first-order valence-corrected chi connectivity index (χ1v) is 6.95. The number of rotatable bonds is 2. The third-order valence-electron chi connectivity index (χ3n) is 2.76. The monoisotopic (exact) mass is 269 g/mol. The zero-order valence-electron chi connectivity index (χ0n) is 10.2. The molecular formula is C11H15N3OS2. The van der Waals surface area contributed by atoms with Gasteiger partial charge in [0.15, 0.2) is 4.77 Å². The molecule has 17 heavy (non-hydrogen) atoms. The van der Waals surface area contributed by atoms with Crippen LogP contribution in [0.2, 0.25) is 0 Å². The van der Waals surface area contributed by atoms with Gasteiger partial charge in [0.2, 0.25) is 0 Å². The molecule has 0 saturated carbocycles. The molecule has 0 unspecified atom stereocenters. The fraction of sp³-hybridized carbons (Fsp3) is 0.545. The van der Waals surface area contributed by atoms with Gasteiger partial charge in [-0.2, -0.15) is 0 Å². The molecular weight excluding hydrogens is 254 g/mol. The van der Waals surface area contributed by atoms with Crippen molar-refractivity contribution in [2.24, 2.45) is 19.1 Å². The fourth-order valence-electron chi connectivity index (χ4n) is 1.81. The highest BCUT2D eigenvalue weighted by molar-refractivity contribution is 8.14. The number of fused-ring (bicyclic) bond motifs is 1. The van der Waals surface area contributed by atoms with Gasteiger partial charge in [-0.25, -0.2) is 4.99 Å². The van der Waals surface area contributed by atoms with Crippen LogP contribution in [0.5, 0.6) is 0 Å². The van der Waals surface area contributed by atoms with E-state index in [1.807, 2.05) is 11.6 Å². The van der Waals surface area contributed by atoms with Crippen molar-refractivity contribution in [3.63, 3.8) is 0 Å². The van der Waals surface area contributed by atoms with Crippen molar-refractivity contribution in [2.45, 2.75) is 19.8 Å². The van der Waals surface area contributed by atoms with Gasteiger partial charge >= 0.3 is 0 Å². The van der Waals surface area contributed by atoms with Crippen LogP contribution >= 0.6 is 24.0 Å². The van der Waals surface area contributed by atoms with Crippen molar-refractivity contribution in [1.82, 2.24) is 9.13 Å². The Morgan fingerprint density at radius 3 is 2.76 bits per heavy atom. The second kappa shape index (κ2) is 4.78. The van der Waals surface area contributed by atoms with Gasteiger partial charge in [-0.15, -0.1) is 11.8 Å². The van der Waals surface area contributed by atoms with Crippen LogP contribution in [-0.4, -0.2) is 19.9 Å². The largest absolute Gasteiger partial charge is 0.306 e. The number of nitrogens with zero attached hydrogens (tertiary/aromatic N) is 3. The Morgan fingerprint density at radius 1 is 1.41 bits per heavy atom. The topological polar surface area (TPSA) is 39.3 Å². The van der Waals surface area contributed by atoms with Gasteiger partial charge in [0.05, 0.1) is 10.6 Å². The minimum Gasteiger partial charge on any atom is -0.306 e. The van der Waals surface area contributed by atoms with Gasteiger partial charge in [-0.3, -0.25) is 9.36 Å². The highest BCUT2D eigenvalue weighted by atomic mass is 32.2. The molecule has 0 radical (unpaired) electrons. The van der Waals surface area contributed by atoms with Crippen LogP contribution in [-0.2, 0) is 20.5 Å². The summed E-state index contributed by atoms with van der Waals surface area (Å²) < 4.78 is 3.84. The molecule has 0 bridgehead atoms. The molecule has 0 spiro atoms. The summed E-state index contributed by atoms with van der Waals surface area (Å²) in [4.78, 5) is 16.6. The average Bonchev–Trinajstić information content (AvgIpc) is 2.75. The zero-order chi connectivity index (χ0) is 12.6. The first kappa shape index (κ1) is 12.6. The van der Waals surface area contributed by atoms with Crippen LogP contribution in [0, 0.1) is 4.77 Å². The lowest BCUT2D eigenvalue weighted by Crippen LogP contribution is -2.24. The predicted molar refractivity (Wildman–Crippen MR) is 75.0 cm³/mol. The lowest BCUT2D eigenvalue weighted by molar-refractivity contribution is 0.713. The van der Waals surface area contributed by atoms with E-state index in [9.17, 15) is 4.79 Å². The molecule has 1 aromatic heterocycles. The molecule has 4 nitrogen and oxygen atoms in total. The maximum Gasteiger partial charge on any atom is 0.259 e. The smallest absolute Gasteiger partial charge is 0.259 e. The average molecular weight is 269 g/mol. The predicted octanol–water partition coefficient (Wildman–Crippen LogP) is 2.18. The Bertz CT molecular complexity index is 598. The van der Waals surface area contributed by atoms with E-state index in [0.717, 1.165) is 28.6 Å². The lowest BCUT2D eigenvalue weighted by atomic mass is 10.2. The second-order valence-corrected chi connectivity index (χ2v) is 5.57. The molecule has 1 aliphatic rings. The third-order valence-corrected chi connectivity index (χ3v) is 4.48. The zero-order valence-corrected chi connectivity index (χ0v) is 11.8. The molecule has 0 amide bonds. The summed E-state index contributed by atoms with van der Waals surface area (Å²) in [5.41, 5.74) is 0.751. The maximum absolute atomic E-state index is 12.1. The lowest BCUT2D eigenvalue weighted by Gasteiger charge is -2.08. The second-order valence-electron chi connectivity index (χ2n) is 4.04. The Morgan fingerprint density at radius 2 is 2.12 bits per heavy atom. The SMILES string of the molecule is CCCSC1=Nc2c(c(=O)n(C)c(=S)n2C)C1. The summed E-state index contributed by atoms with van der Waals surface area (Å²) in [5, 5.41) is 1.02. The fourth-order valence-corrected chi connectivity index (χ4v) is 2.82. The van der Waals surface area contributed by atoms with Crippen LogP contribution < -0.4 is 5.56 Å². The number of thioether (sulfide) groups is 1. The Kier molecular flexibility index (Phi) is 3.53. The Hall–Kier alpha value is -0.880. The summed E-state index contributed by atoms with van der Waals surface area (Å²) in [6, 6.07) is 0. The first-order valence-electron chi connectivity index (χ1n) is 5.55. The molecule has 92 valence electrons. The van der Waals surface area contributed by atoms with E-state index in [0.29, 0.717) is 11.2 Å². The van der Waals surface area contributed by atoms with Gasteiger partial charge in [-0.1, -0.05) is 6.92 Å². The van der Waals surface area contributed by atoms with Gasteiger partial charge in [0.1, 0.15) is 5.82 Å². The molecule has 2 rings (SSSR count). The summed E-state index contributed by atoms with van der Waals surface area (Å²) in [6.45, 7) is 2.13. The van der Waals surface area contributed by atoms with Crippen LogP contribution in [0.1, 0.15) is 18.9 Å². The van der Waals surface area contributed by atoms with E-state index in [2.05, 4.69) is 11.9 Å². The number of hydrogen-bond acceptors (Lipinski definition) is 4. The van der Waals surface area contributed by atoms with Crippen molar-refractivity contribution in [1.29, 1.82) is 0 Å². The van der Waals surface area contributed by atoms with Gasteiger partial charge in [0, 0.05) is 20.5 Å². The molecule has 1 aliphatic heterocycles. The molecule has 2 heterocycles. The minimum atomic E-state index is -0.0149. The maximum atomic E-state index is 12.1. The normalized spacial score (nSPS) is 13.7. The van der Waals surface area contributed by atoms with Gasteiger partial charge in [0.25, 0.3) is 5.56 Å². The molecule has 6 heteroatoms. The number of aromatic nitrogens is 2. The Balaban J connectivity index is 2.48. The molecule has 0 N–H and O–H groups in total. The standard InChI is InChI=1S/C11H15N3OS2/c1-4-5-17-8-6-7-9(12-8)13(2)11(16)14(3)10(7)15/h4-6H2,1-3H3.